The highest BCUT2D eigenvalue weighted by molar-refractivity contribution is 6.31. The Balaban J connectivity index is 1.58. The fourth-order valence-electron chi connectivity index (χ4n) is 2.86. The lowest BCUT2D eigenvalue weighted by Gasteiger charge is -2.12. The number of nitrogens with zero attached hydrogens (tertiary/aromatic N) is 2. The molecule has 1 aromatic heterocycles. The minimum absolute atomic E-state index is 0.0911. The van der Waals surface area contributed by atoms with Gasteiger partial charge in [0.1, 0.15) is 5.82 Å². The van der Waals surface area contributed by atoms with Gasteiger partial charge in [0.15, 0.2) is 5.96 Å². The van der Waals surface area contributed by atoms with Gasteiger partial charge in [-0.1, -0.05) is 23.7 Å². The van der Waals surface area contributed by atoms with Crippen LogP contribution in [-0.4, -0.2) is 30.1 Å². The third-order valence-electron chi connectivity index (χ3n) is 4.19. The van der Waals surface area contributed by atoms with Gasteiger partial charge in [-0.05, 0) is 37.6 Å². The molecule has 1 fully saturated rings. The highest BCUT2D eigenvalue weighted by Crippen LogP contribution is 2.44. The van der Waals surface area contributed by atoms with E-state index in [1.165, 1.54) is 6.07 Å². The van der Waals surface area contributed by atoms with Crippen LogP contribution in [0.15, 0.2) is 47.6 Å². The van der Waals surface area contributed by atoms with Crippen LogP contribution in [0, 0.1) is 5.82 Å². The van der Waals surface area contributed by atoms with Gasteiger partial charge in [0.05, 0.1) is 0 Å². The average Bonchev–Trinajstić information content (AvgIpc) is 3.34. The minimum Gasteiger partial charge on any atom is -0.357 e. The summed E-state index contributed by atoms with van der Waals surface area (Å²) in [6.07, 6.45) is 3.42. The molecule has 2 aromatic rings. The largest absolute Gasteiger partial charge is 0.357 e. The molecule has 0 saturated heterocycles. The van der Waals surface area contributed by atoms with E-state index in [0.29, 0.717) is 17.1 Å². The molecule has 1 saturated carbocycles. The van der Waals surface area contributed by atoms with Crippen molar-refractivity contribution in [1.82, 2.24) is 15.6 Å². The van der Waals surface area contributed by atoms with Crippen LogP contribution in [0.25, 0.3) is 0 Å². The van der Waals surface area contributed by atoms with Crippen LogP contribution >= 0.6 is 11.6 Å². The summed E-state index contributed by atoms with van der Waals surface area (Å²) in [6.45, 7) is 3.44. The molecule has 0 spiro atoms. The predicted molar refractivity (Wildman–Crippen MR) is 99.6 cm³/mol. The van der Waals surface area contributed by atoms with E-state index >= 15 is 0 Å². The molecule has 25 heavy (non-hydrogen) atoms. The van der Waals surface area contributed by atoms with E-state index < -0.39 is 0 Å². The van der Waals surface area contributed by atoms with Crippen molar-refractivity contribution in [3.63, 3.8) is 0 Å². The summed E-state index contributed by atoms with van der Waals surface area (Å²) in [4.78, 5) is 8.89. The first kappa shape index (κ1) is 17.7. The smallest absolute Gasteiger partial charge is 0.191 e. The highest BCUT2D eigenvalue weighted by atomic mass is 35.5. The average molecular weight is 361 g/mol. The molecule has 2 unspecified atom stereocenters. The van der Waals surface area contributed by atoms with Gasteiger partial charge in [-0.25, -0.2) is 4.39 Å². The van der Waals surface area contributed by atoms with Gasteiger partial charge in [-0.2, -0.15) is 0 Å². The molecule has 4 nitrogen and oxygen atoms in total. The fourth-order valence-corrected chi connectivity index (χ4v) is 3.17. The lowest BCUT2D eigenvalue weighted by atomic mass is 10.1. The standard InChI is InChI=1S/C19H22ClFN4/c1-2-22-19(24-11-9-13-6-3-4-10-23-13)25-17-12-14(17)18-15(20)7-5-8-16(18)21/h3-8,10,14,17H,2,9,11-12H2,1H3,(H2,22,24,25). The minimum atomic E-state index is -0.237. The number of halogens is 2. The van der Waals surface area contributed by atoms with Crippen molar-refractivity contribution >= 4 is 17.6 Å². The van der Waals surface area contributed by atoms with Crippen molar-refractivity contribution in [2.75, 3.05) is 13.1 Å². The summed E-state index contributed by atoms with van der Waals surface area (Å²) in [5.41, 5.74) is 1.62. The van der Waals surface area contributed by atoms with E-state index in [2.05, 4.69) is 20.6 Å². The maximum atomic E-state index is 14.0. The second-order valence-corrected chi connectivity index (χ2v) is 6.47. The van der Waals surface area contributed by atoms with Crippen LogP contribution < -0.4 is 10.6 Å². The van der Waals surface area contributed by atoms with E-state index in [1.807, 2.05) is 25.1 Å². The summed E-state index contributed by atoms with van der Waals surface area (Å²) >= 11 is 6.16. The molecular weight excluding hydrogens is 339 g/mol. The molecule has 1 heterocycles. The predicted octanol–water partition coefficient (Wildman–Crippen LogP) is 3.53. The van der Waals surface area contributed by atoms with Crippen LogP contribution in [0.3, 0.4) is 0 Å². The maximum absolute atomic E-state index is 14.0. The molecule has 2 atom stereocenters. The number of hydrogen-bond donors (Lipinski definition) is 2. The first-order valence-electron chi connectivity index (χ1n) is 8.57. The Bertz CT molecular complexity index is 715. The molecule has 0 radical (unpaired) electrons. The molecule has 0 amide bonds. The van der Waals surface area contributed by atoms with E-state index in [0.717, 1.165) is 31.0 Å². The topological polar surface area (TPSA) is 49.3 Å². The van der Waals surface area contributed by atoms with E-state index in [1.54, 1.807) is 18.3 Å². The molecule has 3 rings (SSSR count). The molecule has 0 bridgehead atoms. The second-order valence-electron chi connectivity index (χ2n) is 6.06. The zero-order chi connectivity index (χ0) is 17.6. The molecule has 2 N–H and O–H groups in total. The van der Waals surface area contributed by atoms with Gasteiger partial charge in [-0.3, -0.25) is 9.98 Å². The van der Waals surface area contributed by atoms with Crippen molar-refractivity contribution in [3.05, 3.63) is 64.7 Å². The molecule has 1 aliphatic rings. The Kier molecular flexibility index (Phi) is 5.87. The van der Waals surface area contributed by atoms with Gasteiger partial charge in [0.2, 0.25) is 0 Å². The molecule has 1 aliphatic carbocycles. The molecule has 0 aliphatic heterocycles. The number of benzene rings is 1. The van der Waals surface area contributed by atoms with Crippen LogP contribution in [0.5, 0.6) is 0 Å². The normalized spacial score (nSPS) is 19.6. The number of pyridine rings is 1. The third kappa shape index (κ3) is 4.69. The summed E-state index contributed by atoms with van der Waals surface area (Å²) < 4.78 is 14.0. The number of hydrogen-bond acceptors (Lipinski definition) is 2. The van der Waals surface area contributed by atoms with E-state index in [-0.39, 0.29) is 17.8 Å². The number of rotatable bonds is 6. The lowest BCUT2D eigenvalue weighted by Crippen LogP contribution is -2.39. The summed E-state index contributed by atoms with van der Waals surface area (Å²) in [5, 5.41) is 7.10. The lowest BCUT2D eigenvalue weighted by molar-refractivity contribution is 0.608. The van der Waals surface area contributed by atoms with Gasteiger partial charge < -0.3 is 10.6 Å². The number of aromatic nitrogens is 1. The van der Waals surface area contributed by atoms with Crippen molar-refractivity contribution in [1.29, 1.82) is 0 Å². The van der Waals surface area contributed by atoms with Crippen molar-refractivity contribution in [2.24, 2.45) is 4.99 Å². The van der Waals surface area contributed by atoms with Gasteiger partial charge in [0, 0.05) is 53.9 Å². The summed E-state index contributed by atoms with van der Waals surface area (Å²) in [5.74, 6) is 0.602. The molecule has 1 aromatic carbocycles. The first-order valence-corrected chi connectivity index (χ1v) is 8.95. The van der Waals surface area contributed by atoms with Crippen LogP contribution in [-0.2, 0) is 6.42 Å². The monoisotopic (exact) mass is 360 g/mol. The third-order valence-corrected chi connectivity index (χ3v) is 4.52. The van der Waals surface area contributed by atoms with Gasteiger partial charge in [-0.15, -0.1) is 0 Å². The fraction of sp³-hybridized carbons (Fsp3) is 0.368. The Labute approximate surface area is 152 Å². The Morgan fingerprint density at radius 3 is 2.92 bits per heavy atom. The molecule has 132 valence electrons. The van der Waals surface area contributed by atoms with Crippen molar-refractivity contribution in [2.45, 2.75) is 31.7 Å². The van der Waals surface area contributed by atoms with E-state index in [4.69, 9.17) is 11.6 Å². The quantitative estimate of drug-likeness (QED) is 0.612. The zero-order valence-corrected chi connectivity index (χ0v) is 14.9. The number of aliphatic imine (C=N–C) groups is 1. The van der Waals surface area contributed by atoms with Gasteiger partial charge in [0.25, 0.3) is 0 Å². The SMILES string of the molecule is CCNC(=NCCc1ccccn1)NC1CC1c1c(F)cccc1Cl. The highest BCUT2D eigenvalue weighted by Gasteiger charge is 2.41. The van der Waals surface area contributed by atoms with Crippen molar-refractivity contribution in [3.8, 4) is 0 Å². The second kappa shape index (κ2) is 8.30. The van der Waals surface area contributed by atoms with Crippen LogP contribution in [0.1, 0.15) is 30.5 Å². The van der Waals surface area contributed by atoms with E-state index in [9.17, 15) is 4.39 Å². The number of nitrogens with one attached hydrogen (secondary N) is 2. The Morgan fingerprint density at radius 1 is 1.32 bits per heavy atom. The van der Waals surface area contributed by atoms with Crippen LogP contribution in [0.4, 0.5) is 4.39 Å². The molecular formula is C19H22ClFN4. The summed E-state index contributed by atoms with van der Waals surface area (Å²) in [6, 6.07) is 10.9. The Hall–Kier alpha value is -2.14. The zero-order valence-electron chi connectivity index (χ0n) is 14.2. The maximum Gasteiger partial charge on any atom is 0.191 e. The Morgan fingerprint density at radius 2 is 2.20 bits per heavy atom. The number of guanidine groups is 1. The molecule has 6 heteroatoms. The summed E-state index contributed by atoms with van der Waals surface area (Å²) in [7, 11) is 0. The van der Waals surface area contributed by atoms with Crippen molar-refractivity contribution < 1.29 is 4.39 Å². The first-order chi connectivity index (χ1) is 12.2. The van der Waals surface area contributed by atoms with Gasteiger partial charge >= 0.3 is 0 Å². The van der Waals surface area contributed by atoms with Crippen LogP contribution in [0.2, 0.25) is 5.02 Å².